The third-order valence-corrected chi connectivity index (χ3v) is 7.11. The Morgan fingerprint density at radius 2 is 2.00 bits per heavy atom. The molecule has 5 nitrogen and oxygen atoms in total. The van der Waals surface area contributed by atoms with E-state index in [9.17, 15) is 4.79 Å². The lowest BCUT2D eigenvalue weighted by Gasteiger charge is -2.47. The van der Waals surface area contributed by atoms with Crippen LogP contribution >= 0.6 is 15.9 Å². The summed E-state index contributed by atoms with van der Waals surface area (Å²) >= 11 is 3.58. The Bertz CT molecular complexity index is 421. The number of carbonyl (C=O) groups excluding carboxylic acids is 1. The Kier molecular flexibility index (Phi) is 5.99. The smallest absolute Gasteiger partial charge is 0.249 e. The molecule has 2 aliphatic heterocycles. The van der Waals surface area contributed by atoms with Crippen molar-refractivity contribution in [2.75, 3.05) is 32.7 Å². The molecule has 3 rings (SSSR count). The van der Waals surface area contributed by atoms with Gasteiger partial charge in [-0.25, -0.2) is 5.43 Å². The van der Waals surface area contributed by atoms with Gasteiger partial charge in [-0.1, -0.05) is 42.1 Å². The second-order valence-electron chi connectivity index (χ2n) is 7.71. The molecule has 0 bridgehead atoms. The zero-order valence-corrected chi connectivity index (χ0v) is 16.0. The normalized spacial score (nSPS) is 40.8. The van der Waals surface area contributed by atoms with Crippen LogP contribution in [0.15, 0.2) is 0 Å². The summed E-state index contributed by atoms with van der Waals surface area (Å²) in [6.07, 6.45) is 5.66. The van der Waals surface area contributed by atoms with Crippen molar-refractivity contribution in [2.45, 2.75) is 56.4 Å². The Morgan fingerprint density at radius 1 is 1.22 bits per heavy atom. The van der Waals surface area contributed by atoms with Crippen LogP contribution in [-0.2, 0) is 4.79 Å². The quantitative estimate of drug-likeness (QED) is 0.723. The maximum absolute atomic E-state index is 11.9. The standard InChI is InChI=1S/C17H31BrN4O/c1-12-5-3-4-6-14(12)11-21-7-8-22(13(2)10-21)15-9-19-20-17(23)16(15)18/h12-16,19H,3-11H2,1-2H3,(H,20,23)/t12?,13-,14?,15?,16?/m1/s1. The van der Waals surface area contributed by atoms with E-state index in [0.29, 0.717) is 6.04 Å². The maximum Gasteiger partial charge on any atom is 0.249 e. The van der Waals surface area contributed by atoms with Crippen molar-refractivity contribution in [3.63, 3.8) is 0 Å². The minimum absolute atomic E-state index is 0.0481. The number of rotatable bonds is 3. The third-order valence-electron chi connectivity index (χ3n) is 6.08. The Balaban J connectivity index is 1.53. The molecule has 5 atom stereocenters. The Morgan fingerprint density at radius 3 is 2.74 bits per heavy atom. The summed E-state index contributed by atoms with van der Waals surface area (Å²) in [6, 6.07) is 0.745. The minimum Gasteiger partial charge on any atom is -0.300 e. The highest BCUT2D eigenvalue weighted by Gasteiger charge is 2.38. The van der Waals surface area contributed by atoms with Gasteiger partial charge < -0.3 is 4.90 Å². The van der Waals surface area contributed by atoms with Gasteiger partial charge in [-0.3, -0.25) is 15.1 Å². The van der Waals surface area contributed by atoms with E-state index < -0.39 is 0 Å². The molecule has 3 fully saturated rings. The van der Waals surface area contributed by atoms with Crippen molar-refractivity contribution < 1.29 is 4.79 Å². The minimum atomic E-state index is -0.115. The number of nitrogens with one attached hydrogen (secondary N) is 2. The van der Waals surface area contributed by atoms with Gasteiger partial charge in [0.2, 0.25) is 5.91 Å². The van der Waals surface area contributed by atoms with Crippen LogP contribution in [0.2, 0.25) is 0 Å². The largest absolute Gasteiger partial charge is 0.300 e. The highest BCUT2D eigenvalue weighted by Crippen LogP contribution is 2.31. The Labute approximate surface area is 148 Å². The lowest BCUT2D eigenvalue weighted by molar-refractivity contribution is -0.125. The maximum atomic E-state index is 11.9. The molecule has 1 amide bonds. The van der Waals surface area contributed by atoms with Crippen LogP contribution in [0.4, 0.5) is 0 Å². The number of halogens is 1. The molecule has 0 aromatic carbocycles. The van der Waals surface area contributed by atoms with Crippen molar-refractivity contribution in [1.29, 1.82) is 0 Å². The number of nitrogens with zero attached hydrogens (tertiary/aromatic N) is 2. The molecule has 3 aliphatic rings. The van der Waals surface area contributed by atoms with E-state index in [1.165, 1.54) is 32.2 Å². The van der Waals surface area contributed by atoms with E-state index in [0.717, 1.165) is 38.0 Å². The molecule has 0 aromatic heterocycles. The van der Waals surface area contributed by atoms with Crippen molar-refractivity contribution >= 4 is 21.8 Å². The zero-order chi connectivity index (χ0) is 16.4. The fourth-order valence-corrected chi connectivity index (χ4v) is 5.18. The first-order valence-electron chi connectivity index (χ1n) is 9.21. The fraction of sp³-hybridized carbons (Fsp3) is 0.941. The number of piperazine rings is 1. The van der Waals surface area contributed by atoms with Crippen molar-refractivity contribution in [1.82, 2.24) is 20.7 Å². The van der Waals surface area contributed by atoms with Gasteiger partial charge in [-0.05, 0) is 25.2 Å². The summed E-state index contributed by atoms with van der Waals surface area (Å²) in [4.78, 5) is 16.9. The highest BCUT2D eigenvalue weighted by molar-refractivity contribution is 9.10. The van der Waals surface area contributed by atoms with E-state index in [-0.39, 0.29) is 16.8 Å². The number of hydrogen-bond acceptors (Lipinski definition) is 4. The van der Waals surface area contributed by atoms with Gasteiger partial charge in [0.05, 0.1) is 0 Å². The van der Waals surface area contributed by atoms with Gasteiger partial charge in [0.25, 0.3) is 0 Å². The third kappa shape index (κ3) is 4.09. The van der Waals surface area contributed by atoms with Crippen LogP contribution in [0.3, 0.4) is 0 Å². The molecule has 132 valence electrons. The van der Waals surface area contributed by atoms with E-state index in [1.807, 2.05) is 0 Å². The number of carbonyl (C=O) groups is 1. The van der Waals surface area contributed by atoms with Gasteiger partial charge in [0, 0.05) is 44.8 Å². The molecule has 0 spiro atoms. The predicted molar refractivity (Wildman–Crippen MR) is 96.4 cm³/mol. The average molecular weight is 387 g/mol. The van der Waals surface area contributed by atoms with Gasteiger partial charge in [0.15, 0.2) is 0 Å². The number of hydrogen-bond donors (Lipinski definition) is 2. The van der Waals surface area contributed by atoms with Crippen molar-refractivity contribution in [3.05, 3.63) is 0 Å². The van der Waals surface area contributed by atoms with Gasteiger partial charge in [0.1, 0.15) is 4.83 Å². The molecule has 2 N–H and O–H groups in total. The summed E-state index contributed by atoms with van der Waals surface area (Å²) in [5.41, 5.74) is 5.74. The first-order chi connectivity index (χ1) is 11.1. The number of alkyl halides is 1. The summed E-state index contributed by atoms with van der Waals surface area (Å²) in [7, 11) is 0. The molecule has 2 heterocycles. The lowest BCUT2D eigenvalue weighted by Crippen LogP contribution is -2.66. The van der Waals surface area contributed by atoms with Crippen molar-refractivity contribution in [2.24, 2.45) is 11.8 Å². The molecular formula is C17H31BrN4O. The molecule has 1 aliphatic carbocycles. The van der Waals surface area contributed by atoms with Crippen LogP contribution in [0.25, 0.3) is 0 Å². The van der Waals surface area contributed by atoms with E-state index in [4.69, 9.17) is 0 Å². The average Bonchev–Trinajstić information content (AvgIpc) is 2.53. The topological polar surface area (TPSA) is 47.6 Å². The predicted octanol–water partition coefficient (Wildman–Crippen LogP) is 1.59. The lowest BCUT2D eigenvalue weighted by atomic mass is 9.80. The molecule has 23 heavy (non-hydrogen) atoms. The Hall–Kier alpha value is -0.170. The van der Waals surface area contributed by atoms with Crippen LogP contribution in [0.5, 0.6) is 0 Å². The molecule has 6 heteroatoms. The van der Waals surface area contributed by atoms with Gasteiger partial charge in [-0.15, -0.1) is 0 Å². The summed E-state index contributed by atoms with van der Waals surface area (Å²) in [5, 5.41) is 0. The molecule has 4 unspecified atom stereocenters. The fourth-order valence-electron chi connectivity index (χ4n) is 4.58. The van der Waals surface area contributed by atoms with E-state index in [2.05, 4.69) is 50.4 Å². The van der Waals surface area contributed by atoms with Crippen molar-refractivity contribution in [3.8, 4) is 0 Å². The first kappa shape index (κ1) is 17.6. The van der Waals surface area contributed by atoms with Gasteiger partial charge in [-0.2, -0.15) is 0 Å². The van der Waals surface area contributed by atoms with Crippen LogP contribution in [0, 0.1) is 11.8 Å². The first-order valence-corrected chi connectivity index (χ1v) is 10.1. The summed E-state index contributed by atoms with van der Waals surface area (Å²) in [6.45, 7) is 10.1. The molecular weight excluding hydrogens is 356 g/mol. The van der Waals surface area contributed by atoms with Crippen LogP contribution in [-0.4, -0.2) is 65.3 Å². The molecule has 2 saturated heterocycles. The monoisotopic (exact) mass is 386 g/mol. The van der Waals surface area contributed by atoms with Gasteiger partial charge >= 0.3 is 0 Å². The molecule has 1 saturated carbocycles. The highest BCUT2D eigenvalue weighted by atomic mass is 79.9. The van der Waals surface area contributed by atoms with Crippen LogP contribution in [0.1, 0.15) is 39.5 Å². The van der Waals surface area contributed by atoms with E-state index in [1.54, 1.807) is 0 Å². The number of amides is 1. The molecule has 0 radical (unpaired) electrons. The number of hydrazine groups is 1. The zero-order valence-electron chi connectivity index (χ0n) is 14.4. The second-order valence-corrected chi connectivity index (χ2v) is 8.69. The SMILES string of the molecule is CC1CCCCC1CN1CCN(C2CNNC(=O)C2Br)[C@H](C)C1. The summed E-state index contributed by atoms with van der Waals surface area (Å²) in [5.74, 6) is 1.82. The molecule has 0 aromatic rings. The second kappa shape index (κ2) is 7.81. The summed E-state index contributed by atoms with van der Waals surface area (Å²) < 4.78 is 0. The van der Waals surface area contributed by atoms with E-state index >= 15 is 0 Å². The van der Waals surface area contributed by atoms with Crippen LogP contribution < -0.4 is 10.9 Å².